The Bertz CT molecular complexity index is 639. The van der Waals surface area contributed by atoms with Crippen molar-refractivity contribution in [1.29, 1.82) is 0 Å². The fraction of sp³-hybridized carbons (Fsp3) is 0.0714. The van der Waals surface area contributed by atoms with Gasteiger partial charge in [-0.3, -0.25) is 0 Å². The number of carbonyl (C=O) groups is 1. The van der Waals surface area contributed by atoms with E-state index in [1.807, 2.05) is 25.1 Å². The number of amides is 2. The van der Waals surface area contributed by atoms with E-state index >= 15 is 0 Å². The van der Waals surface area contributed by atoms with Gasteiger partial charge in [0, 0.05) is 33.1 Å². The molecule has 104 valence electrons. The van der Waals surface area contributed by atoms with Crippen molar-refractivity contribution in [2.75, 3.05) is 10.6 Å². The monoisotopic (exact) mass is 384 g/mol. The number of benzene rings is 2. The number of phenols is 2. The SMILES string of the molecule is Cc1cc(I)ccc1NC(=O)Nc1cc(O)cc(O)c1. The van der Waals surface area contributed by atoms with Crippen LogP contribution in [0.1, 0.15) is 5.56 Å². The van der Waals surface area contributed by atoms with Crippen molar-refractivity contribution >= 4 is 40.0 Å². The van der Waals surface area contributed by atoms with Crippen molar-refractivity contribution in [3.8, 4) is 11.5 Å². The molecule has 0 aliphatic heterocycles. The molecule has 0 saturated heterocycles. The Balaban J connectivity index is 2.09. The molecule has 0 atom stereocenters. The number of hydrogen-bond acceptors (Lipinski definition) is 3. The van der Waals surface area contributed by atoms with Crippen molar-refractivity contribution in [2.24, 2.45) is 0 Å². The molecule has 0 radical (unpaired) electrons. The fourth-order valence-electron chi connectivity index (χ4n) is 1.72. The summed E-state index contributed by atoms with van der Waals surface area (Å²) in [4.78, 5) is 11.9. The molecule has 2 amide bonds. The van der Waals surface area contributed by atoms with Gasteiger partial charge < -0.3 is 20.8 Å². The third-order valence-corrected chi connectivity index (χ3v) is 3.27. The summed E-state index contributed by atoms with van der Waals surface area (Å²) in [5.41, 5.74) is 1.96. The van der Waals surface area contributed by atoms with E-state index < -0.39 is 6.03 Å². The van der Waals surface area contributed by atoms with Crippen LogP contribution in [0.3, 0.4) is 0 Å². The molecule has 0 bridgehead atoms. The molecule has 20 heavy (non-hydrogen) atoms. The normalized spacial score (nSPS) is 10.1. The number of halogens is 1. The first-order valence-electron chi connectivity index (χ1n) is 5.81. The molecular weight excluding hydrogens is 371 g/mol. The maximum Gasteiger partial charge on any atom is 0.323 e. The number of hydrogen-bond donors (Lipinski definition) is 4. The topological polar surface area (TPSA) is 81.6 Å². The van der Waals surface area contributed by atoms with E-state index in [4.69, 9.17) is 0 Å². The molecule has 5 nitrogen and oxygen atoms in total. The van der Waals surface area contributed by atoms with E-state index in [0.29, 0.717) is 11.4 Å². The summed E-state index contributed by atoms with van der Waals surface area (Å²) >= 11 is 2.20. The molecule has 2 rings (SSSR count). The Hall–Kier alpha value is -1.96. The minimum atomic E-state index is -0.445. The smallest absolute Gasteiger partial charge is 0.323 e. The number of nitrogens with one attached hydrogen (secondary N) is 2. The van der Waals surface area contributed by atoms with Crippen molar-refractivity contribution in [3.05, 3.63) is 45.5 Å². The van der Waals surface area contributed by atoms with Crippen LogP contribution in [0.4, 0.5) is 16.2 Å². The minimum Gasteiger partial charge on any atom is -0.508 e. The molecule has 0 unspecified atom stereocenters. The number of urea groups is 1. The Morgan fingerprint density at radius 3 is 2.30 bits per heavy atom. The van der Waals surface area contributed by atoms with E-state index in [1.54, 1.807) is 0 Å². The van der Waals surface area contributed by atoms with Crippen LogP contribution in [0.25, 0.3) is 0 Å². The summed E-state index contributed by atoms with van der Waals surface area (Å²) in [5, 5.41) is 23.9. The zero-order valence-corrected chi connectivity index (χ0v) is 12.8. The van der Waals surface area contributed by atoms with Gasteiger partial charge in [0.25, 0.3) is 0 Å². The Labute approximate surface area is 129 Å². The zero-order valence-electron chi connectivity index (χ0n) is 10.6. The zero-order chi connectivity index (χ0) is 14.7. The number of phenolic OH excluding ortho intramolecular Hbond substituents is 2. The quantitative estimate of drug-likeness (QED) is 0.597. The highest BCUT2D eigenvalue weighted by Crippen LogP contribution is 2.24. The van der Waals surface area contributed by atoms with E-state index in [1.165, 1.54) is 18.2 Å². The van der Waals surface area contributed by atoms with Crippen LogP contribution in [0.2, 0.25) is 0 Å². The average Bonchev–Trinajstić information content (AvgIpc) is 2.31. The second-order valence-corrected chi connectivity index (χ2v) is 5.52. The van der Waals surface area contributed by atoms with Gasteiger partial charge in [-0.2, -0.15) is 0 Å². The van der Waals surface area contributed by atoms with Gasteiger partial charge in [-0.25, -0.2) is 4.79 Å². The van der Waals surface area contributed by atoms with Gasteiger partial charge in [0.15, 0.2) is 0 Å². The molecule has 2 aromatic carbocycles. The summed E-state index contributed by atoms with van der Waals surface area (Å²) in [6.07, 6.45) is 0. The first-order valence-corrected chi connectivity index (χ1v) is 6.89. The molecule has 0 aliphatic rings. The molecule has 0 aliphatic carbocycles. The summed E-state index contributed by atoms with van der Waals surface area (Å²) in [5.74, 6) is -0.239. The van der Waals surface area contributed by atoms with E-state index in [9.17, 15) is 15.0 Å². The van der Waals surface area contributed by atoms with Gasteiger partial charge in [0.1, 0.15) is 11.5 Å². The molecule has 0 spiro atoms. The molecule has 0 heterocycles. The van der Waals surface area contributed by atoms with Crippen LogP contribution < -0.4 is 10.6 Å². The van der Waals surface area contributed by atoms with Gasteiger partial charge in [-0.1, -0.05) is 0 Å². The van der Waals surface area contributed by atoms with Crippen LogP contribution in [0.5, 0.6) is 11.5 Å². The Morgan fingerprint density at radius 1 is 1.05 bits per heavy atom. The second kappa shape index (κ2) is 6.00. The van der Waals surface area contributed by atoms with Crippen LogP contribution in [0, 0.1) is 10.5 Å². The van der Waals surface area contributed by atoms with Gasteiger partial charge in [0.05, 0.1) is 0 Å². The summed E-state index contributed by atoms with van der Waals surface area (Å²) in [7, 11) is 0. The molecule has 2 aromatic rings. The van der Waals surface area contributed by atoms with Gasteiger partial charge in [-0.05, 0) is 53.3 Å². The molecule has 6 heteroatoms. The number of aryl methyl sites for hydroxylation is 1. The van der Waals surface area contributed by atoms with Crippen molar-refractivity contribution in [2.45, 2.75) is 6.92 Å². The summed E-state index contributed by atoms with van der Waals surface area (Å²) in [6, 6.07) is 9.10. The molecule has 0 saturated carbocycles. The Morgan fingerprint density at radius 2 is 1.70 bits per heavy atom. The fourth-order valence-corrected chi connectivity index (χ4v) is 2.37. The first-order chi connectivity index (χ1) is 9.44. The Kier molecular flexibility index (Phi) is 4.33. The molecule has 0 fully saturated rings. The predicted octanol–water partition coefficient (Wildman–Crippen LogP) is 3.65. The van der Waals surface area contributed by atoms with E-state index in [-0.39, 0.29) is 11.5 Å². The highest BCUT2D eigenvalue weighted by molar-refractivity contribution is 14.1. The second-order valence-electron chi connectivity index (χ2n) is 4.28. The van der Waals surface area contributed by atoms with Crippen LogP contribution in [-0.4, -0.2) is 16.2 Å². The number of rotatable bonds is 2. The highest BCUT2D eigenvalue weighted by Gasteiger charge is 2.07. The van der Waals surface area contributed by atoms with Crippen molar-refractivity contribution in [3.63, 3.8) is 0 Å². The van der Waals surface area contributed by atoms with Gasteiger partial charge in [0.2, 0.25) is 0 Å². The van der Waals surface area contributed by atoms with Gasteiger partial charge in [-0.15, -0.1) is 0 Å². The third-order valence-electron chi connectivity index (χ3n) is 2.60. The lowest BCUT2D eigenvalue weighted by Gasteiger charge is -2.10. The lowest BCUT2D eigenvalue weighted by molar-refractivity contribution is 0.262. The van der Waals surface area contributed by atoms with Crippen LogP contribution in [0.15, 0.2) is 36.4 Å². The molecule has 4 N–H and O–H groups in total. The average molecular weight is 384 g/mol. The highest BCUT2D eigenvalue weighted by atomic mass is 127. The maximum atomic E-state index is 11.9. The number of anilines is 2. The molecular formula is C14H13IN2O3. The van der Waals surface area contributed by atoms with Gasteiger partial charge >= 0.3 is 6.03 Å². The van der Waals surface area contributed by atoms with Crippen LogP contribution in [-0.2, 0) is 0 Å². The maximum absolute atomic E-state index is 11.9. The van der Waals surface area contributed by atoms with E-state index in [2.05, 4.69) is 33.2 Å². The lowest BCUT2D eigenvalue weighted by atomic mass is 10.2. The largest absolute Gasteiger partial charge is 0.508 e. The number of carbonyl (C=O) groups excluding carboxylic acids is 1. The number of aromatic hydroxyl groups is 2. The standard InChI is InChI=1S/C14H13IN2O3/c1-8-4-9(15)2-3-13(8)17-14(20)16-10-5-11(18)7-12(19)6-10/h2-7,18-19H,1H3,(H2,16,17,20). The third kappa shape index (κ3) is 3.77. The lowest BCUT2D eigenvalue weighted by Crippen LogP contribution is -2.19. The molecule has 0 aromatic heterocycles. The van der Waals surface area contributed by atoms with E-state index in [0.717, 1.165) is 9.13 Å². The first kappa shape index (κ1) is 14.4. The predicted molar refractivity (Wildman–Crippen MR) is 86.3 cm³/mol. The summed E-state index contributed by atoms with van der Waals surface area (Å²) in [6.45, 7) is 1.90. The van der Waals surface area contributed by atoms with Crippen LogP contribution >= 0.6 is 22.6 Å². The minimum absolute atomic E-state index is 0.120. The summed E-state index contributed by atoms with van der Waals surface area (Å²) < 4.78 is 1.09. The van der Waals surface area contributed by atoms with Crippen molar-refractivity contribution < 1.29 is 15.0 Å². The van der Waals surface area contributed by atoms with Crippen molar-refractivity contribution in [1.82, 2.24) is 0 Å².